The van der Waals surface area contributed by atoms with E-state index in [1.807, 2.05) is 0 Å². The third-order valence-electron chi connectivity index (χ3n) is 1.98. The molecule has 2 heterocycles. The van der Waals surface area contributed by atoms with E-state index in [1.54, 1.807) is 30.2 Å². The molecule has 2 aromatic rings. The Bertz CT molecular complexity index is 589. The first kappa shape index (κ1) is 9.15. The molecule has 6 heteroatoms. The van der Waals surface area contributed by atoms with Crippen LogP contribution in [0, 0.1) is 11.3 Å². The molecule has 0 spiro atoms. The minimum absolute atomic E-state index is 0.000850. The summed E-state index contributed by atoms with van der Waals surface area (Å²) < 4.78 is 1.73. The van der Waals surface area contributed by atoms with Gasteiger partial charge in [-0.1, -0.05) is 0 Å². The van der Waals surface area contributed by atoms with E-state index in [4.69, 9.17) is 5.26 Å². The second kappa shape index (κ2) is 3.38. The third-order valence-corrected chi connectivity index (χ3v) is 1.98. The van der Waals surface area contributed by atoms with Gasteiger partial charge in [0.05, 0.1) is 18.7 Å². The Morgan fingerprint density at radius 3 is 2.87 bits per heavy atom. The van der Waals surface area contributed by atoms with Gasteiger partial charge in [0.1, 0.15) is 17.3 Å². The van der Waals surface area contributed by atoms with E-state index in [2.05, 4.69) is 15.0 Å². The summed E-state index contributed by atoms with van der Waals surface area (Å²) in [5.41, 5.74) is 0.251. The van der Waals surface area contributed by atoms with Gasteiger partial charge < -0.3 is 9.55 Å². The van der Waals surface area contributed by atoms with Crippen molar-refractivity contribution >= 4 is 0 Å². The maximum Gasteiger partial charge on any atom is 0.269 e. The van der Waals surface area contributed by atoms with E-state index in [0.29, 0.717) is 11.5 Å². The number of nitrogens with zero attached hydrogens (tertiary/aromatic N) is 4. The van der Waals surface area contributed by atoms with Crippen LogP contribution in [0.4, 0.5) is 0 Å². The summed E-state index contributed by atoms with van der Waals surface area (Å²) in [4.78, 5) is 21.7. The van der Waals surface area contributed by atoms with Crippen molar-refractivity contribution in [3.05, 3.63) is 34.6 Å². The van der Waals surface area contributed by atoms with Crippen LogP contribution in [-0.2, 0) is 7.05 Å². The first-order valence-electron chi connectivity index (χ1n) is 4.18. The number of H-pyrrole nitrogens is 1. The molecular formula is C9H7N5O. The molecule has 0 atom stereocenters. The smallest absolute Gasteiger partial charge is 0.269 e. The monoisotopic (exact) mass is 201 g/mol. The number of rotatable bonds is 1. The summed E-state index contributed by atoms with van der Waals surface area (Å²) >= 11 is 0. The van der Waals surface area contributed by atoms with Crippen molar-refractivity contribution in [3.8, 4) is 17.6 Å². The molecule has 0 saturated heterocycles. The number of aryl methyl sites for hydroxylation is 1. The Hall–Kier alpha value is -2.42. The molecule has 0 radical (unpaired) electrons. The predicted molar refractivity (Wildman–Crippen MR) is 51.8 cm³/mol. The third kappa shape index (κ3) is 1.50. The van der Waals surface area contributed by atoms with Gasteiger partial charge in [-0.25, -0.2) is 9.97 Å². The molecule has 0 aliphatic carbocycles. The Kier molecular flexibility index (Phi) is 2.06. The molecule has 0 aliphatic rings. The van der Waals surface area contributed by atoms with Crippen LogP contribution in [-0.4, -0.2) is 19.5 Å². The topological polar surface area (TPSA) is 87.4 Å². The fraction of sp³-hybridized carbons (Fsp3) is 0.111. The predicted octanol–water partition coefficient (Wildman–Crippen LogP) is 0.0421. The van der Waals surface area contributed by atoms with Gasteiger partial charge in [-0.15, -0.1) is 0 Å². The summed E-state index contributed by atoms with van der Waals surface area (Å²) in [5.74, 6) is 0.402. The van der Waals surface area contributed by atoms with Gasteiger partial charge in [0.2, 0.25) is 0 Å². The Morgan fingerprint density at radius 2 is 2.33 bits per heavy atom. The number of hydrogen-bond donors (Lipinski definition) is 1. The molecule has 2 rings (SSSR count). The van der Waals surface area contributed by atoms with Gasteiger partial charge >= 0.3 is 0 Å². The zero-order valence-electron chi connectivity index (χ0n) is 7.93. The van der Waals surface area contributed by atoms with E-state index in [9.17, 15) is 4.79 Å². The average molecular weight is 201 g/mol. The fourth-order valence-electron chi connectivity index (χ4n) is 1.19. The summed E-state index contributed by atoms with van der Waals surface area (Å²) in [6.45, 7) is 0. The van der Waals surface area contributed by atoms with Crippen LogP contribution < -0.4 is 5.56 Å². The SMILES string of the molecule is Cn1cncc1-c1ncc(C#N)c(=O)[nH]1. The summed E-state index contributed by atoms with van der Waals surface area (Å²) in [6.07, 6.45) is 4.44. The van der Waals surface area contributed by atoms with E-state index >= 15 is 0 Å². The maximum absolute atomic E-state index is 11.3. The summed E-state index contributed by atoms with van der Waals surface area (Å²) in [6, 6.07) is 1.75. The molecule has 0 unspecified atom stereocenters. The van der Waals surface area contributed by atoms with Crippen LogP contribution in [0.5, 0.6) is 0 Å². The van der Waals surface area contributed by atoms with Crippen LogP contribution in [0.25, 0.3) is 11.5 Å². The lowest BCUT2D eigenvalue weighted by Crippen LogP contribution is -2.12. The van der Waals surface area contributed by atoms with Gasteiger partial charge in [-0.05, 0) is 0 Å². The molecule has 0 aliphatic heterocycles. The highest BCUT2D eigenvalue weighted by Crippen LogP contribution is 2.10. The molecule has 74 valence electrons. The maximum atomic E-state index is 11.3. The van der Waals surface area contributed by atoms with Gasteiger partial charge in [0, 0.05) is 7.05 Å². The number of nitriles is 1. The van der Waals surface area contributed by atoms with Gasteiger partial charge in [0.25, 0.3) is 5.56 Å². The first-order chi connectivity index (χ1) is 7.22. The number of imidazole rings is 1. The van der Waals surface area contributed by atoms with Gasteiger partial charge in [-0.2, -0.15) is 5.26 Å². The minimum Gasteiger partial charge on any atom is -0.331 e. The lowest BCUT2D eigenvalue weighted by Gasteiger charge is -2.00. The summed E-state index contributed by atoms with van der Waals surface area (Å²) in [7, 11) is 1.79. The largest absolute Gasteiger partial charge is 0.331 e. The van der Waals surface area contributed by atoms with Gasteiger partial charge in [0.15, 0.2) is 5.82 Å². The van der Waals surface area contributed by atoms with E-state index < -0.39 is 5.56 Å². The summed E-state index contributed by atoms with van der Waals surface area (Å²) in [5, 5.41) is 8.57. The molecule has 15 heavy (non-hydrogen) atoms. The lowest BCUT2D eigenvalue weighted by molar-refractivity contribution is 0.905. The molecule has 0 amide bonds. The molecule has 0 bridgehead atoms. The molecular weight excluding hydrogens is 194 g/mol. The fourth-order valence-corrected chi connectivity index (χ4v) is 1.19. The van der Waals surface area contributed by atoms with Crippen LogP contribution in [0.1, 0.15) is 5.56 Å². The highest BCUT2D eigenvalue weighted by molar-refractivity contribution is 5.48. The highest BCUT2D eigenvalue weighted by atomic mass is 16.1. The Balaban J connectivity index is 2.58. The van der Waals surface area contributed by atoms with Crippen molar-refractivity contribution in [2.45, 2.75) is 0 Å². The zero-order valence-corrected chi connectivity index (χ0v) is 7.93. The van der Waals surface area contributed by atoms with E-state index in [1.165, 1.54) is 6.20 Å². The van der Waals surface area contributed by atoms with Crippen LogP contribution in [0.15, 0.2) is 23.5 Å². The molecule has 0 fully saturated rings. The quantitative estimate of drug-likeness (QED) is 0.705. The van der Waals surface area contributed by atoms with Crippen molar-refractivity contribution in [2.24, 2.45) is 7.05 Å². The number of nitrogens with one attached hydrogen (secondary N) is 1. The molecule has 1 N–H and O–H groups in total. The van der Waals surface area contributed by atoms with Crippen LogP contribution in [0.3, 0.4) is 0 Å². The second-order valence-electron chi connectivity index (χ2n) is 2.98. The van der Waals surface area contributed by atoms with E-state index in [0.717, 1.165) is 0 Å². The molecule has 0 aromatic carbocycles. The molecule has 2 aromatic heterocycles. The Morgan fingerprint density at radius 1 is 1.53 bits per heavy atom. The second-order valence-corrected chi connectivity index (χ2v) is 2.98. The average Bonchev–Trinajstić information content (AvgIpc) is 2.64. The lowest BCUT2D eigenvalue weighted by atomic mass is 10.3. The van der Waals surface area contributed by atoms with Crippen molar-refractivity contribution in [3.63, 3.8) is 0 Å². The van der Waals surface area contributed by atoms with Crippen molar-refractivity contribution in [1.29, 1.82) is 5.26 Å². The highest BCUT2D eigenvalue weighted by Gasteiger charge is 2.06. The van der Waals surface area contributed by atoms with E-state index in [-0.39, 0.29) is 5.56 Å². The number of aromatic nitrogens is 4. The first-order valence-corrected chi connectivity index (χ1v) is 4.18. The van der Waals surface area contributed by atoms with Crippen LogP contribution in [0.2, 0.25) is 0 Å². The van der Waals surface area contributed by atoms with Crippen molar-refractivity contribution in [2.75, 3.05) is 0 Å². The number of aromatic amines is 1. The van der Waals surface area contributed by atoms with Crippen LogP contribution >= 0.6 is 0 Å². The van der Waals surface area contributed by atoms with Gasteiger partial charge in [-0.3, -0.25) is 4.79 Å². The van der Waals surface area contributed by atoms with Crippen molar-refractivity contribution < 1.29 is 0 Å². The molecule has 0 saturated carbocycles. The number of hydrogen-bond acceptors (Lipinski definition) is 4. The standard InChI is InChI=1S/C9H7N5O/c1-14-5-11-4-7(14)8-12-3-6(2-10)9(15)13-8/h3-5H,1H3,(H,12,13,15). The normalized spacial score (nSPS) is 9.87. The van der Waals surface area contributed by atoms with Crippen molar-refractivity contribution in [1.82, 2.24) is 19.5 Å². The minimum atomic E-state index is -0.441. The Labute approximate surface area is 84.9 Å². The molecule has 6 nitrogen and oxygen atoms in total. The zero-order chi connectivity index (χ0) is 10.8.